The molecule has 0 saturated carbocycles. The highest BCUT2D eigenvalue weighted by Gasteiger charge is 2.19. The van der Waals surface area contributed by atoms with Crippen LogP contribution in [0.15, 0.2) is 24.3 Å². The standard InChI is InChI=1S/C41H75NO6/c1-5-7-9-11-13-16-22-29-37(41(46)47-36-27-21-14-12-10-8-6-2)30-23-19-20-25-32-38(48-40(45)34-28-35-42(3)4)31-24-17-15-18-26-33-39(43)44/h16,21-22,27,37-38H,5-15,17-20,23-26,28-36H2,1-4H3,(H,43,44)/b22-16-,27-21-. The highest BCUT2D eigenvalue weighted by molar-refractivity contribution is 5.72. The smallest absolute Gasteiger partial charge is 0.309 e. The van der Waals surface area contributed by atoms with Gasteiger partial charge < -0.3 is 19.5 Å². The molecule has 1 N–H and O–H groups in total. The Kier molecular flexibility index (Phi) is 33.1. The van der Waals surface area contributed by atoms with E-state index in [0.717, 1.165) is 109 Å². The highest BCUT2D eigenvalue weighted by atomic mass is 16.5. The van der Waals surface area contributed by atoms with E-state index in [0.29, 0.717) is 13.0 Å². The minimum Gasteiger partial charge on any atom is -0.481 e. The molecule has 0 aromatic rings. The fourth-order valence-electron chi connectivity index (χ4n) is 5.86. The number of aliphatic carboxylic acids is 1. The summed E-state index contributed by atoms with van der Waals surface area (Å²) in [4.78, 5) is 38.3. The molecule has 0 aromatic carbocycles. The van der Waals surface area contributed by atoms with E-state index >= 15 is 0 Å². The highest BCUT2D eigenvalue weighted by Crippen LogP contribution is 2.21. The van der Waals surface area contributed by atoms with Crippen molar-refractivity contribution < 1.29 is 29.0 Å². The molecular weight excluding hydrogens is 602 g/mol. The zero-order valence-corrected chi connectivity index (χ0v) is 31.7. The van der Waals surface area contributed by atoms with Crippen molar-refractivity contribution in [3.8, 4) is 0 Å². The van der Waals surface area contributed by atoms with E-state index in [1.807, 2.05) is 20.2 Å². The normalized spacial score (nSPS) is 13.0. The lowest BCUT2D eigenvalue weighted by Gasteiger charge is -2.19. The number of rotatable bonds is 35. The third-order valence-electron chi connectivity index (χ3n) is 8.89. The predicted octanol–water partition coefficient (Wildman–Crippen LogP) is 11.0. The molecule has 0 aliphatic carbocycles. The van der Waals surface area contributed by atoms with Gasteiger partial charge in [0, 0.05) is 12.8 Å². The van der Waals surface area contributed by atoms with Gasteiger partial charge in [0.2, 0.25) is 0 Å². The van der Waals surface area contributed by atoms with Crippen LogP contribution in [0.4, 0.5) is 0 Å². The van der Waals surface area contributed by atoms with E-state index in [1.165, 1.54) is 51.4 Å². The first-order valence-electron chi connectivity index (χ1n) is 19.8. The number of allylic oxidation sites excluding steroid dienone is 3. The van der Waals surface area contributed by atoms with Crippen LogP contribution in [-0.4, -0.2) is 61.3 Å². The van der Waals surface area contributed by atoms with Crippen LogP contribution in [-0.2, 0) is 23.9 Å². The molecule has 2 atom stereocenters. The zero-order chi connectivity index (χ0) is 35.5. The predicted molar refractivity (Wildman–Crippen MR) is 200 cm³/mol. The fourth-order valence-corrected chi connectivity index (χ4v) is 5.86. The second-order valence-electron chi connectivity index (χ2n) is 13.9. The number of hydrogen-bond acceptors (Lipinski definition) is 6. The summed E-state index contributed by atoms with van der Waals surface area (Å²) in [6, 6.07) is 0. The molecule has 0 rings (SSSR count). The molecular formula is C41H75NO6. The Morgan fingerprint density at radius 2 is 1.17 bits per heavy atom. The Labute approximate surface area is 295 Å². The van der Waals surface area contributed by atoms with Crippen molar-refractivity contribution in [3.63, 3.8) is 0 Å². The van der Waals surface area contributed by atoms with Gasteiger partial charge in [0.05, 0.1) is 5.92 Å². The van der Waals surface area contributed by atoms with Crippen molar-refractivity contribution in [2.45, 2.75) is 187 Å². The average Bonchev–Trinajstić information content (AvgIpc) is 3.04. The lowest BCUT2D eigenvalue weighted by molar-refractivity contribution is -0.150. The van der Waals surface area contributed by atoms with Gasteiger partial charge in [-0.05, 0) is 97.7 Å². The quantitative estimate of drug-likeness (QED) is 0.0405. The number of nitrogens with zero attached hydrogens (tertiary/aromatic N) is 1. The number of carboxylic acid groups (broad SMARTS) is 1. The van der Waals surface area contributed by atoms with Gasteiger partial charge in [0.25, 0.3) is 0 Å². The summed E-state index contributed by atoms with van der Waals surface area (Å²) in [6.07, 6.45) is 34.2. The van der Waals surface area contributed by atoms with Crippen LogP contribution in [0, 0.1) is 5.92 Å². The van der Waals surface area contributed by atoms with Gasteiger partial charge in [-0.3, -0.25) is 14.4 Å². The van der Waals surface area contributed by atoms with Gasteiger partial charge in [0.15, 0.2) is 0 Å². The van der Waals surface area contributed by atoms with E-state index in [2.05, 4.69) is 37.0 Å². The Morgan fingerprint density at radius 3 is 1.75 bits per heavy atom. The number of carbonyl (C=O) groups excluding carboxylic acids is 2. The van der Waals surface area contributed by atoms with E-state index in [1.54, 1.807) is 0 Å². The molecule has 0 radical (unpaired) electrons. The van der Waals surface area contributed by atoms with Crippen LogP contribution in [0.25, 0.3) is 0 Å². The lowest BCUT2D eigenvalue weighted by Crippen LogP contribution is -2.20. The van der Waals surface area contributed by atoms with Crippen LogP contribution in [0.5, 0.6) is 0 Å². The van der Waals surface area contributed by atoms with Crippen molar-refractivity contribution in [3.05, 3.63) is 24.3 Å². The summed E-state index contributed by atoms with van der Waals surface area (Å²) >= 11 is 0. The number of ether oxygens (including phenoxy) is 2. The SMILES string of the molecule is CCCCCC/C=C\COC(=O)C(C/C=C\CCCCCC)CCCCCCC(CCCCCCCC(=O)O)OC(=O)CCCN(C)C. The second-order valence-corrected chi connectivity index (χ2v) is 13.9. The van der Waals surface area contributed by atoms with Gasteiger partial charge in [-0.15, -0.1) is 0 Å². The molecule has 0 heterocycles. The van der Waals surface area contributed by atoms with Crippen LogP contribution in [0.1, 0.15) is 181 Å². The Bertz CT molecular complexity index is 824. The molecule has 0 aromatic heterocycles. The summed E-state index contributed by atoms with van der Waals surface area (Å²) in [5, 5.41) is 8.82. The number of carboxylic acids is 1. The summed E-state index contributed by atoms with van der Waals surface area (Å²) in [5.41, 5.74) is 0. The molecule has 0 fully saturated rings. The van der Waals surface area contributed by atoms with Gasteiger partial charge in [-0.25, -0.2) is 0 Å². The maximum Gasteiger partial charge on any atom is 0.309 e. The van der Waals surface area contributed by atoms with Crippen LogP contribution in [0.3, 0.4) is 0 Å². The average molecular weight is 678 g/mol. The molecule has 7 nitrogen and oxygen atoms in total. The molecule has 0 amide bonds. The van der Waals surface area contributed by atoms with Crippen molar-refractivity contribution in [1.29, 1.82) is 0 Å². The van der Waals surface area contributed by atoms with Gasteiger partial charge >= 0.3 is 17.9 Å². The fraction of sp³-hybridized carbons (Fsp3) is 0.829. The lowest BCUT2D eigenvalue weighted by atomic mass is 9.96. The summed E-state index contributed by atoms with van der Waals surface area (Å²) in [5.74, 6) is -1.01. The van der Waals surface area contributed by atoms with Gasteiger partial charge in [0.1, 0.15) is 12.7 Å². The third-order valence-corrected chi connectivity index (χ3v) is 8.89. The Morgan fingerprint density at radius 1 is 0.625 bits per heavy atom. The maximum absolute atomic E-state index is 13.0. The minimum absolute atomic E-state index is 0.0548. The summed E-state index contributed by atoms with van der Waals surface area (Å²) in [6.45, 7) is 5.68. The first kappa shape index (κ1) is 45.9. The number of carbonyl (C=O) groups is 3. The molecule has 0 aliphatic heterocycles. The molecule has 0 aliphatic rings. The van der Waals surface area contributed by atoms with Crippen molar-refractivity contribution >= 4 is 17.9 Å². The number of unbranched alkanes of at least 4 members (excludes halogenated alkanes) is 15. The largest absolute Gasteiger partial charge is 0.481 e. The van der Waals surface area contributed by atoms with Crippen molar-refractivity contribution in [2.24, 2.45) is 5.92 Å². The Balaban J connectivity index is 4.72. The first-order valence-corrected chi connectivity index (χ1v) is 19.8. The van der Waals surface area contributed by atoms with Crippen molar-refractivity contribution in [2.75, 3.05) is 27.2 Å². The van der Waals surface area contributed by atoms with E-state index in [-0.39, 0.29) is 30.4 Å². The summed E-state index contributed by atoms with van der Waals surface area (Å²) in [7, 11) is 4.02. The summed E-state index contributed by atoms with van der Waals surface area (Å²) < 4.78 is 11.6. The molecule has 48 heavy (non-hydrogen) atoms. The third kappa shape index (κ3) is 32.4. The zero-order valence-electron chi connectivity index (χ0n) is 31.7. The topological polar surface area (TPSA) is 93.1 Å². The maximum atomic E-state index is 13.0. The molecule has 280 valence electrons. The van der Waals surface area contributed by atoms with E-state index in [4.69, 9.17) is 14.6 Å². The van der Waals surface area contributed by atoms with E-state index < -0.39 is 5.97 Å². The molecule has 2 unspecified atom stereocenters. The first-order chi connectivity index (χ1) is 23.3. The van der Waals surface area contributed by atoms with Crippen LogP contribution in [0.2, 0.25) is 0 Å². The second kappa shape index (κ2) is 34.7. The minimum atomic E-state index is -0.729. The van der Waals surface area contributed by atoms with Crippen molar-refractivity contribution in [1.82, 2.24) is 4.90 Å². The Hall–Kier alpha value is -2.15. The monoisotopic (exact) mass is 678 g/mol. The van der Waals surface area contributed by atoms with E-state index in [9.17, 15) is 14.4 Å². The van der Waals surface area contributed by atoms with Gasteiger partial charge in [-0.1, -0.05) is 115 Å². The number of esters is 2. The molecule has 0 saturated heterocycles. The van der Waals surface area contributed by atoms with Crippen LogP contribution >= 0.6 is 0 Å². The molecule has 0 spiro atoms. The van der Waals surface area contributed by atoms with Crippen LogP contribution < -0.4 is 0 Å². The van der Waals surface area contributed by atoms with Gasteiger partial charge in [-0.2, -0.15) is 0 Å². The number of hydrogen-bond donors (Lipinski definition) is 1. The molecule has 0 bridgehead atoms. The molecule has 7 heteroatoms.